The molecule has 1 rings (SSSR count). The first-order valence-electron chi connectivity index (χ1n) is 7.26. The molecule has 0 spiro atoms. The molecule has 1 unspecified atom stereocenters. The molecule has 0 aromatic carbocycles. The van der Waals surface area contributed by atoms with Crippen LogP contribution in [0.15, 0.2) is 18.3 Å². The van der Waals surface area contributed by atoms with E-state index in [9.17, 15) is 9.59 Å². The Morgan fingerprint density at radius 3 is 2.68 bits per heavy atom. The number of hydrogen-bond donors (Lipinski definition) is 3. The topological polar surface area (TPSA) is 94.6 Å². The number of carboxylic acid groups (broad SMARTS) is 1. The van der Waals surface area contributed by atoms with E-state index in [1.54, 1.807) is 0 Å². The van der Waals surface area contributed by atoms with Gasteiger partial charge in [-0.15, -0.1) is 0 Å². The highest BCUT2D eigenvalue weighted by Gasteiger charge is 2.17. The van der Waals surface area contributed by atoms with Gasteiger partial charge in [-0.3, -0.25) is 20.4 Å². The third kappa shape index (κ3) is 6.30. The van der Waals surface area contributed by atoms with E-state index in [1.165, 1.54) is 18.3 Å². The summed E-state index contributed by atoms with van der Waals surface area (Å²) >= 11 is 0. The van der Waals surface area contributed by atoms with E-state index in [1.807, 2.05) is 25.9 Å². The molecule has 0 fully saturated rings. The van der Waals surface area contributed by atoms with E-state index >= 15 is 0 Å². The molecule has 1 heterocycles. The number of rotatable bonds is 10. The Hall–Kier alpha value is -1.83. The molecule has 1 atom stereocenters. The maximum absolute atomic E-state index is 12.2. The van der Waals surface area contributed by atoms with E-state index in [0.717, 1.165) is 0 Å². The first-order chi connectivity index (χ1) is 10.4. The molecular weight excluding hydrogens is 284 g/mol. The Morgan fingerprint density at radius 2 is 2.09 bits per heavy atom. The minimum absolute atomic E-state index is 0.0740. The molecule has 0 bridgehead atoms. The lowest BCUT2D eigenvalue weighted by Gasteiger charge is -2.19. The summed E-state index contributed by atoms with van der Waals surface area (Å²) in [5.74, 6) is -0.918. The fraction of sp³-hybridized carbons (Fsp3) is 0.533. The summed E-state index contributed by atoms with van der Waals surface area (Å²) in [5.41, 5.74) is 0.772. The number of hydrogen-bond acceptors (Lipinski definition) is 6. The molecule has 22 heavy (non-hydrogen) atoms. The molecule has 1 aromatic rings. The van der Waals surface area contributed by atoms with Gasteiger partial charge in [0.15, 0.2) is 5.78 Å². The van der Waals surface area contributed by atoms with Crippen molar-refractivity contribution in [2.75, 3.05) is 27.2 Å². The van der Waals surface area contributed by atoms with Gasteiger partial charge in [0.2, 0.25) is 0 Å². The predicted molar refractivity (Wildman–Crippen MR) is 83.7 cm³/mol. The van der Waals surface area contributed by atoms with Crippen molar-refractivity contribution in [1.82, 2.24) is 20.5 Å². The first kappa shape index (κ1) is 18.2. The maximum Gasteiger partial charge on any atom is 0.335 e. The van der Waals surface area contributed by atoms with E-state index in [-0.39, 0.29) is 11.3 Å². The van der Waals surface area contributed by atoms with Crippen LogP contribution >= 0.6 is 0 Å². The minimum atomic E-state index is -0.992. The molecule has 0 amide bonds. The quantitative estimate of drug-likeness (QED) is 0.536. The highest BCUT2D eigenvalue weighted by Crippen LogP contribution is 2.02. The smallest absolute Gasteiger partial charge is 0.335 e. The van der Waals surface area contributed by atoms with Gasteiger partial charge in [0.1, 0.15) is 6.17 Å². The number of ketones is 1. The van der Waals surface area contributed by atoms with Crippen LogP contribution in [0, 0.1) is 0 Å². The van der Waals surface area contributed by atoms with Crippen LogP contribution in [0.3, 0.4) is 0 Å². The third-order valence-corrected chi connectivity index (χ3v) is 3.09. The zero-order valence-electron chi connectivity index (χ0n) is 13.3. The molecule has 0 aliphatic heterocycles. The molecule has 0 aliphatic rings. The number of aromatic nitrogens is 1. The summed E-state index contributed by atoms with van der Waals surface area (Å²) < 4.78 is 0. The monoisotopic (exact) mass is 308 g/mol. The second kappa shape index (κ2) is 9.24. The van der Waals surface area contributed by atoms with Crippen LogP contribution in [0.5, 0.6) is 0 Å². The van der Waals surface area contributed by atoms with E-state index < -0.39 is 12.1 Å². The van der Waals surface area contributed by atoms with E-state index in [0.29, 0.717) is 31.7 Å². The summed E-state index contributed by atoms with van der Waals surface area (Å²) in [6.45, 7) is 3.60. The second-order valence-electron chi connectivity index (χ2n) is 5.23. The van der Waals surface area contributed by atoms with Gasteiger partial charge >= 0.3 is 5.97 Å². The summed E-state index contributed by atoms with van der Waals surface area (Å²) in [6, 6.07) is 2.94. The van der Waals surface area contributed by atoms with Gasteiger partial charge in [0, 0.05) is 25.7 Å². The SMILES string of the molecule is CCNC(NCc1cc(C(=O)O)ccn1)C(=O)CCN(C)C. The summed E-state index contributed by atoms with van der Waals surface area (Å²) in [7, 11) is 3.84. The van der Waals surface area contributed by atoms with Gasteiger partial charge in [-0.1, -0.05) is 6.92 Å². The van der Waals surface area contributed by atoms with Crippen LogP contribution in [-0.4, -0.2) is 60.1 Å². The Balaban J connectivity index is 2.61. The molecule has 7 nitrogen and oxygen atoms in total. The molecule has 0 saturated heterocycles. The summed E-state index contributed by atoms with van der Waals surface area (Å²) in [4.78, 5) is 29.2. The van der Waals surface area contributed by atoms with Crippen molar-refractivity contribution in [2.24, 2.45) is 0 Å². The van der Waals surface area contributed by atoms with Crippen molar-refractivity contribution < 1.29 is 14.7 Å². The Labute approximate surface area is 130 Å². The average Bonchev–Trinajstić information content (AvgIpc) is 2.49. The molecule has 122 valence electrons. The number of carboxylic acids is 1. The van der Waals surface area contributed by atoms with Crippen LogP contribution in [0.1, 0.15) is 29.4 Å². The molecule has 0 radical (unpaired) electrons. The second-order valence-corrected chi connectivity index (χ2v) is 5.23. The minimum Gasteiger partial charge on any atom is -0.478 e. The Kier molecular flexibility index (Phi) is 7.65. The Bertz CT molecular complexity index is 505. The normalized spacial score (nSPS) is 12.4. The maximum atomic E-state index is 12.2. The van der Waals surface area contributed by atoms with E-state index in [2.05, 4.69) is 15.6 Å². The van der Waals surface area contributed by atoms with Crippen LogP contribution in [0.2, 0.25) is 0 Å². The number of carbonyl (C=O) groups excluding carboxylic acids is 1. The average molecular weight is 308 g/mol. The predicted octanol–water partition coefficient (Wildman–Crippen LogP) is 0.326. The van der Waals surface area contributed by atoms with Gasteiger partial charge in [0.25, 0.3) is 0 Å². The molecule has 7 heteroatoms. The largest absolute Gasteiger partial charge is 0.478 e. The highest BCUT2D eigenvalue weighted by molar-refractivity contribution is 5.87. The lowest BCUT2D eigenvalue weighted by molar-refractivity contribution is -0.122. The van der Waals surface area contributed by atoms with Gasteiger partial charge in [0.05, 0.1) is 11.3 Å². The number of likely N-dealkylation sites (N-methyl/N-ethyl adjacent to an activating group) is 1. The van der Waals surface area contributed by atoms with Crippen LogP contribution in [0.4, 0.5) is 0 Å². The van der Waals surface area contributed by atoms with Gasteiger partial charge in [-0.2, -0.15) is 0 Å². The van der Waals surface area contributed by atoms with Gasteiger partial charge < -0.3 is 10.0 Å². The fourth-order valence-corrected chi connectivity index (χ4v) is 1.90. The number of pyridine rings is 1. The lowest BCUT2D eigenvalue weighted by atomic mass is 10.2. The number of carbonyl (C=O) groups is 2. The first-order valence-corrected chi connectivity index (χ1v) is 7.26. The Morgan fingerprint density at radius 1 is 1.36 bits per heavy atom. The van der Waals surface area contributed by atoms with Crippen LogP contribution in [-0.2, 0) is 11.3 Å². The number of nitrogens with one attached hydrogen (secondary N) is 2. The number of aromatic carboxylic acids is 1. The molecular formula is C15H24N4O3. The van der Waals surface area contributed by atoms with Crippen molar-refractivity contribution in [2.45, 2.75) is 26.1 Å². The standard InChI is InChI=1S/C15H24N4O3/c1-4-16-14(13(20)6-8-19(2)3)18-10-12-9-11(15(21)22)5-7-17-12/h5,7,9,14,16,18H,4,6,8,10H2,1-3H3,(H,21,22). The van der Waals surface area contributed by atoms with Crippen molar-refractivity contribution in [3.63, 3.8) is 0 Å². The number of nitrogens with zero attached hydrogens (tertiary/aromatic N) is 2. The highest BCUT2D eigenvalue weighted by atomic mass is 16.4. The molecule has 0 saturated carbocycles. The summed E-state index contributed by atoms with van der Waals surface area (Å²) in [5, 5.41) is 15.1. The molecule has 3 N–H and O–H groups in total. The summed E-state index contributed by atoms with van der Waals surface area (Å²) in [6.07, 6.45) is 1.44. The van der Waals surface area contributed by atoms with E-state index in [4.69, 9.17) is 5.11 Å². The van der Waals surface area contributed by atoms with Crippen molar-refractivity contribution in [1.29, 1.82) is 0 Å². The zero-order valence-corrected chi connectivity index (χ0v) is 13.3. The zero-order chi connectivity index (χ0) is 16.5. The van der Waals surface area contributed by atoms with Crippen molar-refractivity contribution >= 4 is 11.8 Å². The van der Waals surface area contributed by atoms with Crippen molar-refractivity contribution in [3.05, 3.63) is 29.6 Å². The third-order valence-electron chi connectivity index (χ3n) is 3.09. The number of Topliss-reactive ketones (excluding diaryl/α,β-unsaturated/α-hetero) is 1. The molecule has 0 aliphatic carbocycles. The fourth-order valence-electron chi connectivity index (χ4n) is 1.90. The lowest BCUT2D eigenvalue weighted by Crippen LogP contribution is -2.48. The van der Waals surface area contributed by atoms with Crippen molar-refractivity contribution in [3.8, 4) is 0 Å². The molecule has 1 aromatic heterocycles. The van der Waals surface area contributed by atoms with Crippen LogP contribution < -0.4 is 10.6 Å². The van der Waals surface area contributed by atoms with Gasteiger partial charge in [-0.05, 0) is 32.8 Å². The van der Waals surface area contributed by atoms with Gasteiger partial charge in [-0.25, -0.2) is 4.79 Å². The van der Waals surface area contributed by atoms with Crippen LogP contribution in [0.25, 0.3) is 0 Å².